The number of methoxy groups -OCH3 is 1. The number of hydrogen-bond acceptors (Lipinski definition) is 3. The molecule has 0 heterocycles. The summed E-state index contributed by atoms with van der Waals surface area (Å²) >= 11 is 0. The summed E-state index contributed by atoms with van der Waals surface area (Å²) in [6.45, 7) is 0. The predicted octanol–water partition coefficient (Wildman–Crippen LogP) is 2.98. The second kappa shape index (κ2) is 6.58. The van der Waals surface area contributed by atoms with Gasteiger partial charge in [-0.15, -0.1) is 0 Å². The first kappa shape index (κ1) is 14.6. The van der Waals surface area contributed by atoms with Gasteiger partial charge >= 0.3 is 5.97 Å². The van der Waals surface area contributed by atoms with Gasteiger partial charge in [-0.3, -0.25) is 4.79 Å². The summed E-state index contributed by atoms with van der Waals surface area (Å²) in [7, 11) is 1.52. The van der Waals surface area contributed by atoms with Gasteiger partial charge in [-0.1, -0.05) is 30.3 Å². The lowest BCUT2D eigenvalue weighted by Gasteiger charge is -2.16. The van der Waals surface area contributed by atoms with Crippen LogP contribution < -0.4 is 4.74 Å². The van der Waals surface area contributed by atoms with Crippen LogP contribution in [0.15, 0.2) is 48.5 Å². The average Bonchev–Trinajstić information content (AvgIpc) is 2.52. The zero-order valence-electron chi connectivity index (χ0n) is 11.6. The summed E-state index contributed by atoms with van der Waals surface area (Å²) in [5.74, 6) is -1.07. The first-order valence-electron chi connectivity index (χ1n) is 6.50. The van der Waals surface area contributed by atoms with Crippen molar-refractivity contribution in [2.24, 2.45) is 0 Å². The van der Waals surface area contributed by atoms with Crippen molar-refractivity contribution in [3.05, 3.63) is 65.2 Å². The molecule has 0 amide bonds. The van der Waals surface area contributed by atoms with Crippen molar-refractivity contribution in [2.45, 2.75) is 12.3 Å². The molecule has 0 bridgehead atoms. The number of carboxylic acids is 1. The fraction of sp³-hybridized carbons (Fsp3) is 0.176. The molecule has 4 nitrogen and oxygen atoms in total. The van der Waals surface area contributed by atoms with Gasteiger partial charge in [-0.2, -0.15) is 5.26 Å². The number of ether oxygens (including phenoxy) is 1. The minimum Gasteiger partial charge on any atom is -0.496 e. The van der Waals surface area contributed by atoms with Crippen LogP contribution in [0.2, 0.25) is 0 Å². The van der Waals surface area contributed by atoms with Gasteiger partial charge in [0.05, 0.1) is 24.7 Å². The first-order chi connectivity index (χ1) is 10.2. The molecule has 1 atom stereocenters. The zero-order chi connectivity index (χ0) is 15.2. The Hall–Kier alpha value is -2.80. The third kappa shape index (κ3) is 3.40. The van der Waals surface area contributed by atoms with Gasteiger partial charge < -0.3 is 9.84 Å². The van der Waals surface area contributed by atoms with Crippen molar-refractivity contribution >= 4 is 5.97 Å². The number of rotatable bonds is 5. The quantitative estimate of drug-likeness (QED) is 0.914. The van der Waals surface area contributed by atoms with Gasteiger partial charge in [-0.25, -0.2) is 0 Å². The van der Waals surface area contributed by atoms with Crippen molar-refractivity contribution in [2.75, 3.05) is 7.11 Å². The maximum absolute atomic E-state index is 11.6. The van der Waals surface area contributed by atoms with Gasteiger partial charge in [0.15, 0.2) is 0 Å². The van der Waals surface area contributed by atoms with Crippen LogP contribution in [0.5, 0.6) is 5.75 Å². The Kier molecular flexibility index (Phi) is 4.57. The summed E-state index contributed by atoms with van der Waals surface area (Å²) in [5, 5.41) is 18.4. The van der Waals surface area contributed by atoms with Gasteiger partial charge in [-0.05, 0) is 30.2 Å². The lowest BCUT2D eigenvalue weighted by molar-refractivity contribution is -0.138. The second-order valence-electron chi connectivity index (χ2n) is 4.65. The molecule has 0 aliphatic heterocycles. The van der Waals surface area contributed by atoms with E-state index in [1.165, 1.54) is 7.11 Å². The molecule has 1 unspecified atom stereocenters. The van der Waals surface area contributed by atoms with Crippen molar-refractivity contribution in [3.8, 4) is 11.8 Å². The van der Waals surface area contributed by atoms with Crippen LogP contribution in [-0.2, 0) is 11.2 Å². The van der Waals surface area contributed by atoms with Crippen molar-refractivity contribution in [3.63, 3.8) is 0 Å². The van der Waals surface area contributed by atoms with E-state index in [0.717, 1.165) is 5.56 Å². The molecule has 2 aromatic carbocycles. The summed E-state index contributed by atoms with van der Waals surface area (Å²) in [6.07, 6.45) is 0.311. The highest BCUT2D eigenvalue weighted by Gasteiger charge is 2.23. The Balaban J connectivity index is 2.36. The molecular weight excluding hydrogens is 266 g/mol. The number of carboxylic acid groups (broad SMARTS) is 1. The SMILES string of the molecule is COc1ccccc1C(Cc1cccc(C#N)c1)C(=O)O. The molecule has 2 rings (SSSR count). The van der Waals surface area contributed by atoms with E-state index >= 15 is 0 Å². The third-order valence-electron chi connectivity index (χ3n) is 3.31. The topological polar surface area (TPSA) is 70.3 Å². The number of carbonyl (C=O) groups is 1. The number of aliphatic carboxylic acids is 1. The Morgan fingerprint density at radius 1 is 1.29 bits per heavy atom. The first-order valence-corrected chi connectivity index (χ1v) is 6.50. The van der Waals surface area contributed by atoms with E-state index in [1.807, 2.05) is 6.07 Å². The minimum absolute atomic E-state index is 0.311. The number of nitriles is 1. The molecule has 0 radical (unpaired) electrons. The Morgan fingerprint density at radius 2 is 2.05 bits per heavy atom. The number of hydrogen-bond donors (Lipinski definition) is 1. The van der Waals surface area contributed by atoms with E-state index in [-0.39, 0.29) is 0 Å². The van der Waals surface area contributed by atoms with Crippen LogP contribution in [0.25, 0.3) is 0 Å². The summed E-state index contributed by atoms with van der Waals surface area (Å²) in [5.41, 5.74) is 1.97. The van der Waals surface area contributed by atoms with Gasteiger partial charge in [0, 0.05) is 5.56 Å². The molecule has 21 heavy (non-hydrogen) atoms. The molecule has 0 fully saturated rings. The lowest BCUT2D eigenvalue weighted by Crippen LogP contribution is -2.15. The van der Waals surface area contributed by atoms with Gasteiger partial charge in [0.2, 0.25) is 0 Å². The molecular formula is C17H15NO3. The molecule has 0 spiro atoms. The lowest BCUT2D eigenvalue weighted by atomic mass is 9.91. The molecule has 0 saturated carbocycles. The van der Waals surface area contributed by atoms with Crippen LogP contribution in [0.3, 0.4) is 0 Å². The standard InChI is InChI=1S/C17H15NO3/c1-21-16-8-3-2-7-14(16)15(17(19)20)10-12-5-4-6-13(9-12)11-18/h2-9,15H,10H2,1H3,(H,19,20). The molecule has 0 saturated heterocycles. The fourth-order valence-corrected chi connectivity index (χ4v) is 2.29. The largest absolute Gasteiger partial charge is 0.496 e. The molecule has 2 aromatic rings. The highest BCUT2D eigenvalue weighted by Crippen LogP contribution is 2.29. The van der Waals surface area contributed by atoms with Crippen molar-refractivity contribution in [1.82, 2.24) is 0 Å². The van der Waals surface area contributed by atoms with E-state index in [9.17, 15) is 9.90 Å². The fourth-order valence-electron chi connectivity index (χ4n) is 2.29. The van der Waals surface area contributed by atoms with Crippen molar-refractivity contribution in [1.29, 1.82) is 5.26 Å². The highest BCUT2D eigenvalue weighted by molar-refractivity contribution is 5.77. The van der Waals surface area contributed by atoms with Gasteiger partial charge in [0.25, 0.3) is 0 Å². The third-order valence-corrected chi connectivity index (χ3v) is 3.31. The highest BCUT2D eigenvalue weighted by atomic mass is 16.5. The Morgan fingerprint density at radius 3 is 2.71 bits per heavy atom. The van der Waals surface area contributed by atoms with E-state index in [1.54, 1.807) is 42.5 Å². The van der Waals surface area contributed by atoms with Crippen LogP contribution in [0.4, 0.5) is 0 Å². The van der Waals surface area contributed by atoms with E-state index in [2.05, 4.69) is 6.07 Å². The number of benzene rings is 2. The smallest absolute Gasteiger partial charge is 0.311 e. The van der Waals surface area contributed by atoms with E-state index in [0.29, 0.717) is 23.3 Å². The van der Waals surface area contributed by atoms with E-state index < -0.39 is 11.9 Å². The monoisotopic (exact) mass is 281 g/mol. The van der Waals surface area contributed by atoms with Crippen LogP contribution in [-0.4, -0.2) is 18.2 Å². The second-order valence-corrected chi connectivity index (χ2v) is 4.65. The molecule has 0 aromatic heterocycles. The number of nitrogens with zero attached hydrogens (tertiary/aromatic N) is 1. The molecule has 0 aliphatic carbocycles. The van der Waals surface area contributed by atoms with Crippen LogP contribution >= 0.6 is 0 Å². The van der Waals surface area contributed by atoms with Crippen LogP contribution in [0.1, 0.15) is 22.6 Å². The molecule has 4 heteroatoms. The molecule has 106 valence electrons. The maximum Gasteiger partial charge on any atom is 0.311 e. The Labute approximate surface area is 123 Å². The summed E-state index contributed by atoms with van der Waals surface area (Å²) < 4.78 is 5.24. The molecule has 0 aliphatic rings. The van der Waals surface area contributed by atoms with Crippen molar-refractivity contribution < 1.29 is 14.6 Å². The zero-order valence-corrected chi connectivity index (χ0v) is 11.6. The van der Waals surface area contributed by atoms with Crippen LogP contribution in [0, 0.1) is 11.3 Å². The maximum atomic E-state index is 11.6. The predicted molar refractivity (Wildman–Crippen MR) is 78.2 cm³/mol. The minimum atomic E-state index is -0.915. The molecule has 1 N–H and O–H groups in total. The average molecular weight is 281 g/mol. The number of para-hydroxylation sites is 1. The normalized spacial score (nSPS) is 11.4. The van der Waals surface area contributed by atoms with E-state index in [4.69, 9.17) is 10.00 Å². The van der Waals surface area contributed by atoms with Gasteiger partial charge in [0.1, 0.15) is 5.75 Å². The summed E-state index contributed by atoms with van der Waals surface area (Å²) in [4.78, 5) is 11.6. The summed E-state index contributed by atoms with van der Waals surface area (Å²) in [6, 6.07) is 16.2. The Bertz CT molecular complexity index is 688.